The van der Waals surface area contributed by atoms with Gasteiger partial charge in [0.2, 0.25) is 5.91 Å². The van der Waals surface area contributed by atoms with Crippen molar-refractivity contribution in [2.75, 3.05) is 20.6 Å². The standard InChI is InChI=1S/C14H29N3O/c1-11(7-8-17(2)3)16-14(18)10-12-5-4-6-13(15)9-12/h11-13H,4-10,15H2,1-3H3,(H,16,18). The zero-order valence-electron chi connectivity index (χ0n) is 12.1. The van der Waals surface area contributed by atoms with Crippen molar-refractivity contribution >= 4 is 5.91 Å². The fourth-order valence-corrected chi connectivity index (χ4v) is 2.64. The molecule has 1 fully saturated rings. The molecule has 3 unspecified atom stereocenters. The van der Waals surface area contributed by atoms with Gasteiger partial charge in [0, 0.05) is 18.5 Å². The molecule has 4 heteroatoms. The fourth-order valence-electron chi connectivity index (χ4n) is 2.64. The Morgan fingerprint density at radius 1 is 1.44 bits per heavy atom. The van der Waals surface area contributed by atoms with Crippen LogP contribution < -0.4 is 11.1 Å². The highest BCUT2D eigenvalue weighted by Crippen LogP contribution is 2.25. The van der Waals surface area contributed by atoms with Crippen molar-refractivity contribution in [1.82, 2.24) is 10.2 Å². The Labute approximate surface area is 111 Å². The van der Waals surface area contributed by atoms with Gasteiger partial charge >= 0.3 is 0 Å². The number of hydrogen-bond acceptors (Lipinski definition) is 3. The second-order valence-corrected chi connectivity index (χ2v) is 6.06. The summed E-state index contributed by atoms with van der Waals surface area (Å²) in [5, 5.41) is 3.09. The third kappa shape index (κ3) is 6.36. The van der Waals surface area contributed by atoms with Gasteiger partial charge in [-0.1, -0.05) is 6.42 Å². The minimum absolute atomic E-state index is 0.195. The molecular weight excluding hydrogens is 226 g/mol. The van der Waals surface area contributed by atoms with Crippen molar-refractivity contribution in [2.45, 2.75) is 57.5 Å². The molecule has 106 valence electrons. The van der Waals surface area contributed by atoms with E-state index in [1.165, 1.54) is 6.42 Å². The molecule has 0 spiro atoms. The van der Waals surface area contributed by atoms with Crippen molar-refractivity contribution in [3.63, 3.8) is 0 Å². The van der Waals surface area contributed by atoms with Crippen LogP contribution in [0.25, 0.3) is 0 Å². The van der Waals surface area contributed by atoms with E-state index < -0.39 is 0 Å². The zero-order valence-corrected chi connectivity index (χ0v) is 12.1. The lowest BCUT2D eigenvalue weighted by Crippen LogP contribution is -2.37. The van der Waals surface area contributed by atoms with Gasteiger partial charge in [-0.2, -0.15) is 0 Å². The normalized spacial score (nSPS) is 26.1. The van der Waals surface area contributed by atoms with E-state index in [1.54, 1.807) is 0 Å². The Hall–Kier alpha value is -0.610. The van der Waals surface area contributed by atoms with Crippen LogP contribution in [0.15, 0.2) is 0 Å². The van der Waals surface area contributed by atoms with Crippen LogP contribution in [-0.4, -0.2) is 43.5 Å². The summed E-state index contributed by atoms with van der Waals surface area (Å²) in [6, 6.07) is 0.569. The minimum atomic E-state index is 0.195. The van der Waals surface area contributed by atoms with Crippen LogP contribution in [0.5, 0.6) is 0 Å². The van der Waals surface area contributed by atoms with E-state index in [9.17, 15) is 4.79 Å². The van der Waals surface area contributed by atoms with Crippen molar-refractivity contribution in [3.05, 3.63) is 0 Å². The van der Waals surface area contributed by atoms with E-state index in [1.807, 2.05) is 0 Å². The summed E-state index contributed by atoms with van der Waals surface area (Å²) in [5.41, 5.74) is 5.95. The minimum Gasteiger partial charge on any atom is -0.354 e. The Bertz CT molecular complexity index is 255. The third-order valence-electron chi connectivity index (χ3n) is 3.71. The van der Waals surface area contributed by atoms with Gasteiger partial charge in [-0.3, -0.25) is 4.79 Å². The van der Waals surface area contributed by atoms with E-state index in [0.717, 1.165) is 32.2 Å². The van der Waals surface area contributed by atoms with Crippen LogP contribution in [-0.2, 0) is 4.79 Å². The van der Waals surface area contributed by atoms with Gasteiger partial charge in [0.25, 0.3) is 0 Å². The molecule has 1 rings (SSSR count). The van der Waals surface area contributed by atoms with Gasteiger partial charge in [-0.25, -0.2) is 0 Å². The average Bonchev–Trinajstić information content (AvgIpc) is 2.26. The highest BCUT2D eigenvalue weighted by Gasteiger charge is 2.22. The molecule has 1 saturated carbocycles. The molecule has 0 radical (unpaired) electrons. The number of hydrogen-bond donors (Lipinski definition) is 2. The molecule has 0 bridgehead atoms. The molecule has 0 aromatic rings. The maximum atomic E-state index is 11.9. The molecule has 0 aliphatic heterocycles. The first-order valence-electron chi connectivity index (χ1n) is 7.17. The summed E-state index contributed by atoms with van der Waals surface area (Å²) in [7, 11) is 4.11. The molecule has 1 aliphatic rings. The second kappa shape index (κ2) is 7.74. The fraction of sp³-hybridized carbons (Fsp3) is 0.929. The number of carbonyl (C=O) groups is 1. The topological polar surface area (TPSA) is 58.4 Å². The molecule has 4 nitrogen and oxygen atoms in total. The molecule has 3 N–H and O–H groups in total. The number of carbonyl (C=O) groups excluding carboxylic acids is 1. The second-order valence-electron chi connectivity index (χ2n) is 6.06. The number of nitrogens with zero attached hydrogens (tertiary/aromatic N) is 1. The first kappa shape index (κ1) is 15.4. The maximum Gasteiger partial charge on any atom is 0.220 e. The van der Waals surface area contributed by atoms with E-state index in [4.69, 9.17) is 5.73 Å². The van der Waals surface area contributed by atoms with Crippen LogP contribution in [0, 0.1) is 5.92 Å². The summed E-state index contributed by atoms with van der Waals surface area (Å²) < 4.78 is 0. The zero-order chi connectivity index (χ0) is 13.5. The van der Waals surface area contributed by atoms with Crippen LogP contribution >= 0.6 is 0 Å². The molecule has 18 heavy (non-hydrogen) atoms. The molecule has 0 heterocycles. The molecule has 0 saturated heterocycles. The first-order chi connectivity index (χ1) is 8.47. The molecular formula is C14H29N3O. The predicted molar refractivity (Wildman–Crippen MR) is 75.3 cm³/mol. The Balaban J connectivity index is 2.19. The lowest BCUT2D eigenvalue weighted by atomic mass is 9.84. The summed E-state index contributed by atoms with van der Waals surface area (Å²) in [5.74, 6) is 0.690. The lowest BCUT2D eigenvalue weighted by molar-refractivity contribution is -0.122. The quantitative estimate of drug-likeness (QED) is 0.753. The van der Waals surface area contributed by atoms with E-state index >= 15 is 0 Å². The summed E-state index contributed by atoms with van der Waals surface area (Å²) in [6.07, 6.45) is 6.13. The maximum absolute atomic E-state index is 11.9. The van der Waals surface area contributed by atoms with Crippen molar-refractivity contribution in [2.24, 2.45) is 11.7 Å². The summed E-state index contributed by atoms with van der Waals surface area (Å²) in [6.45, 7) is 3.09. The largest absolute Gasteiger partial charge is 0.354 e. The molecule has 0 aromatic carbocycles. The van der Waals surface area contributed by atoms with Crippen LogP contribution in [0.4, 0.5) is 0 Å². The van der Waals surface area contributed by atoms with Gasteiger partial charge in [0.05, 0.1) is 0 Å². The molecule has 3 atom stereocenters. The number of nitrogens with two attached hydrogens (primary N) is 1. The van der Waals surface area contributed by atoms with Crippen molar-refractivity contribution < 1.29 is 4.79 Å². The third-order valence-corrected chi connectivity index (χ3v) is 3.71. The molecule has 1 aliphatic carbocycles. The van der Waals surface area contributed by atoms with E-state index in [2.05, 4.69) is 31.2 Å². The molecule has 1 amide bonds. The van der Waals surface area contributed by atoms with Crippen LogP contribution in [0.2, 0.25) is 0 Å². The number of amides is 1. The van der Waals surface area contributed by atoms with Gasteiger partial charge in [-0.15, -0.1) is 0 Å². The van der Waals surface area contributed by atoms with Crippen LogP contribution in [0.3, 0.4) is 0 Å². The van der Waals surface area contributed by atoms with Gasteiger partial charge in [-0.05, 0) is 59.2 Å². The van der Waals surface area contributed by atoms with Crippen molar-refractivity contribution in [3.8, 4) is 0 Å². The smallest absolute Gasteiger partial charge is 0.220 e. The lowest BCUT2D eigenvalue weighted by Gasteiger charge is -2.26. The Morgan fingerprint density at radius 2 is 2.17 bits per heavy atom. The first-order valence-corrected chi connectivity index (χ1v) is 7.17. The Morgan fingerprint density at radius 3 is 2.78 bits per heavy atom. The number of nitrogens with one attached hydrogen (secondary N) is 1. The highest BCUT2D eigenvalue weighted by molar-refractivity contribution is 5.76. The average molecular weight is 255 g/mol. The predicted octanol–water partition coefficient (Wildman–Crippen LogP) is 1.35. The van der Waals surface area contributed by atoms with Gasteiger partial charge in [0.15, 0.2) is 0 Å². The highest BCUT2D eigenvalue weighted by atomic mass is 16.1. The Kier molecular flexibility index (Phi) is 6.65. The monoisotopic (exact) mass is 255 g/mol. The van der Waals surface area contributed by atoms with E-state index in [-0.39, 0.29) is 11.9 Å². The van der Waals surface area contributed by atoms with E-state index in [0.29, 0.717) is 18.4 Å². The number of rotatable bonds is 6. The molecule has 0 aromatic heterocycles. The summed E-state index contributed by atoms with van der Waals surface area (Å²) >= 11 is 0. The van der Waals surface area contributed by atoms with Crippen molar-refractivity contribution in [1.29, 1.82) is 0 Å². The summed E-state index contributed by atoms with van der Waals surface area (Å²) in [4.78, 5) is 14.0. The SMILES string of the molecule is CC(CCN(C)C)NC(=O)CC1CCCC(N)C1. The van der Waals surface area contributed by atoms with Gasteiger partial charge < -0.3 is 16.0 Å². The van der Waals surface area contributed by atoms with Crippen LogP contribution in [0.1, 0.15) is 45.4 Å². The van der Waals surface area contributed by atoms with Gasteiger partial charge in [0.1, 0.15) is 0 Å².